The van der Waals surface area contributed by atoms with Gasteiger partial charge in [0.2, 0.25) is 0 Å². The van der Waals surface area contributed by atoms with Gasteiger partial charge in [-0.15, -0.1) is 0 Å². The molecule has 4 aliphatic heterocycles. The van der Waals surface area contributed by atoms with Gasteiger partial charge in [-0.05, 0) is 38.3 Å². The molecule has 3 aromatic carbocycles. The smallest absolute Gasteiger partial charge is 0.507 e. The average Bonchev–Trinajstić information content (AvgIpc) is 3.56. The molecular formula is C51H64N2NaO14+. The molecule has 7 rings (SSSR count). The zero-order valence-electron chi connectivity index (χ0n) is 40.6. The van der Waals surface area contributed by atoms with Crippen LogP contribution in [0.4, 0.5) is 5.69 Å². The summed E-state index contributed by atoms with van der Waals surface area (Å²) in [4.78, 5) is 56.1. The number of hydrogen-bond donors (Lipinski definition) is 6. The number of phenolic OH excluding ortho intramolecular Hbond substituents is 2. The number of rotatable bonds is 7. The van der Waals surface area contributed by atoms with Gasteiger partial charge in [-0.1, -0.05) is 76.3 Å². The number of aliphatic hydroxyl groups excluding tert-OH is 2. The number of aliphatic hydroxyl groups is 3. The Balaban J connectivity index is 0.00000864. The fourth-order valence-corrected chi connectivity index (χ4v) is 9.30. The second-order valence-corrected chi connectivity index (χ2v) is 18.5. The number of hydrogen-bond acceptors (Lipinski definition) is 14. The number of fused-ring (bicyclic) bond motifs is 14. The fraction of sp³-hybridized carbons (Fsp3) is 0.490. The van der Waals surface area contributed by atoms with E-state index in [9.17, 15) is 44.7 Å². The molecule has 4 heterocycles. The number of nitrogens with zero attached hydrogens (tertiary/aromatic N) is 1. The van der Waals surface area contributed by atoms with Gasteiger partial charge in [0, 0.05) is 86.7 Å². The number of anilines is 1. The zero-order valence-corrected chi connectivity index (χ0v) is 42.6. The normalized spacial score (nSPS) is 28.9. The zero-order chi connectivity index (χ0) is 49.1. The van der Waals surface area contributed by atoms with Gasteiger partial charge < -0.3 is 59.4 Å². The molecule has 68 heavy (non-hydrogen) atoms. The number of nitrogens with one attached hydrogen (secondary N) is 1. The average molecular weight is 952 g/mol. The Bertz CT molecular complexity index is 2450. The van der Waals surface area contributed by atoms with E-state index in [0.29, 0.717) is 19.3 Å². The number of carbonyl (C=O) groups is 4. The van der Waals surface area contributed by atoms with Crippen LogP contribution >= 0.6 is 0 Å². The van der Waals surface area contributed by atoms with Crippen molar-refractivity contribution < 1.29 is 98.0 Å². The van der Waals surface area contributed by atoms with Crippen LogP contribution in [0.3, 0.4) is 0 Å². The molecule has 3 aromatic rings. The Hall–Kier alpha value is -4.94. The van der Waals surface area contributed by atoms with Crippen molar-refractivity contribution in [1.82, 2.24) is 4.90 Å². The molecule has 4 aliphatic rings. The number of amides is 2. The molecular weight excluding hydrogens is 888 g/mol. The number of phenols is 2. The van der Waals surface area contributed by atoms with E-state index >= 15 is 0 Å². The molecule has 2 amide bonds. The van der Waals surface area contributed by atoms with Gasteiger partial charge in [0.05, 0.1) is 46.8 Å². The third-order valence-electron chi connectivity index (χ3n) is 13.6. The summed E-state index contributed by atoms with van der Waals surface area (Å²) in [6, 6.07) is 10.9. The van der Waals surface area contributed by atoms with Crippen LogP contribution < -0.4 is 44.3 Å². The third-order valence-corrected chi connectivity index (χ3v) is 13.6. The van der Waals surface area contributed by atoms with Crippen LogP contribution in [0.15, 0.2) is 72.5 Å². The maximum absolute atomic E-state index is 14.7. The summed E-state index contributed by atoms with van der Waals surface area (Å²) in [7, 11) is 1.43. The molecule has 5 bridgehead atoms. The first kappa shape index (κ1) is 54.0. The van der Waals surface area contributed by atoms with Crippen LogP contribution in [0, 0.1) is 30.6 Å². The minimum atomic E-state index is -2.06. The molecule has 0 spiro atoms. The maximum atomic E-state index is 14.7. The van der Waals surface area contributed by atoms with Gasteiger partial charge in [-0.25, -0.2) is 0 Å². The van der Waals surface area contributed by atoms with Crippen molar-refractivity contribution in [3.63, 3.8) is 0 Å². The molecule has 0 aromatic heterocycles. The van der Waals surface area contributed by atoms with Crippen molar-refractivity contribution in [2.24, 2.45) is 23.7 Å². The maximum Gasteiger partial charge on any atom is 1.00 e. The number of carbonyl (C=O) groups excluding carboxylic acids is 4. The minimum absolute atomic E-state index is 0. The van der Waals surface area contributed by atoms with Crippen LogP contribution in [0.2, 0.25) is 0 Å². The number of Topliss-reactive ketones (excluding diaryl/α,β-unsaturated/α-hetero) is 1. The molecule has 9 atom stereocenters. The largest absolute Gasteiger partial charge is 1.00 e. The molecule has 0 aliphatic carbocycles. The molecule has 9 unspecified atom stereocenters. The van der Waals surface area contributed by atoms with Crippen molar-refractivity contribution in [2.45, 2.75) is 110 Å². The standard InChI is InChI=1S/C51H64N2O14.Na/c1-27-14-13-15-28(2)49(61)52-35-24-37(64-26-38(55)53-21-19-51(62,20-22-53)25-34-16-11-10-12-17-34)39-40(45(35)59)44(58)32(6)47-41(39)48(60)50(8,67-47)65-23-18-36(63-9)29(3)46(66-33(7)54)31(5)43(57)30(4)42(27)56;/h10-18,23-24,27,29-31,36,42-43,46,56-59,62H,19-22,25-26H2,1-9H3,(H,52,61);/q;+1/b14-13?,23-18+,28-15+;. The second-order valence-electron chi connectivity index (χ2n) is 18.5. The van der Waals surface area contributed by atoms with Crippen LogP contribution in [0.1, 0.15) is 82.8 Å². The van der Waals surface area contributed by atoms with Gasteiger partial charge in [-0.2, -0.15) is 0 Å². The van der Waals surface area contributed by atoms with Gasteiger partial charge in [-0.3, -0.25) is 19.2 Å². The van der Waals surface area contributed by atoms with Crippen LogP contribution in [0.25, 0.3) is 10.8 Å². The van der Waals surface area contributed by atoms with E-state index in [2.05, 4.69) is 5.32 Å². The van der Waals surface area contributed by atoms with E-state index in [-0.39, 0.29) is 87.3 Å². The molecule has 0 radical (unpaired) electrons. The van der Waals surface area contributed by atoms with Gasteiger partial charge >= 0.3 is 41.3 Å². The first-order valence-corrected chi connectivity index (χ1v) is 22.6. The topological polar surface area (TPSA) is 231 Å². The first-order valence-electron chi connectivity index (χ1n) is 22.6. The third kappa shape index (κ3) is 11.4. The number of ether oxygens (including phenoxy) is 5. The van der Waals surface area contributed by atoms with Crippen LogP contribution in [0.5, 0.6) is 23.0 Å². The summed E-state index contributed by atoms with van der Waals surface area (Å²) >= 11 is 0. The number of ketones is 1. The SMILES string of the molecule is COC1/C=C/OC2(C)Oc3c(C)c(O)c4c(O)c(cc(OCC(=O)N5CCC(O)(Cc6ccccc6)CC5)c4c3C2=O)NC(=O)/C(C)=C/C=CC(C)C(O)C(C)C(O)C(C)C(OC(C)=O)C1C.[Na+]. The molecule has 1 fully saturated rings. The van der Waals surface area contributed by atoms with E-state index in [1.54, 1.807) is 44.7 Å². The van der Waals surface area contributed by atoms with E-state index in [4.69, 9.17) is 23.7 Å². The number of aromatic hydroxyl groups is 2. The number of allylic oxidation sites excluding steroid dienone is 2. The molecule has 6 N–H and O–H groups in total. The molecule has 0 saturated carbocycles. The van der Waals surface area contributed by atoms with Crippen LogP contribution in [-0.4, -0.2) is 117 Å². The number of methoxy groups -OCH3 is 1. The minimum Gasteiger partial charge on any atom is -0.507 e. The van der Waals surface area contributed by atoms with E-state index in [1.807, 2.05) is 30.3 Å². The van der Waals surface area contributed by atoms with E-state index in [1.165, 1.54) is 59.3 Å². The van der Waals surface area contributed by atoms with Crippen molar-refractivity contribution >= 4 is 40.0 Å². The molecule has 362 valence electrons. The number of piperidine rings is 1. The predicted octanol–water partition coefficient (Wildman–Crippen LogP) is 3.03. The summed E-state index contributed by atoms with van der Waals surface area (Å²) in [5.41, 5.74) is -0.128. The van der Waals surface area contributed by atoms with Crippen molar-refractivity contribution in [3.05, 3.63) is 89.2 Å². The Labute approximate surface area is 419 Å². The first-order chi connectivity index (χ1) is 31.6. The fourth-order valence-electron chi connectivity index (χ4n) is 9.30. The number of esters is 1. The summed E-state index contributed by atoms with van der Waals surface area (Å²) < 4.78 is 30.0. The molecule has 17 heteroatoms. The van der Waals surface area contributed by atoms with Crippen molar-refractivity contribution in [1.29, 1.82) is 0 Å². The van der Waals surface area contributed by atoms with Gasteiger partial charge in [0.1, 0.15) is 23.4 Å². The Morgan fingerprint density at radius 1 is 0.926 bits per heavy atom. The predicted molar refractivity (Wildman–Crippen MR) is 249 cm³/mol. The number of benzene rings is 3. The quantitative estimate of drug-likeness (QED) is 0.114. The van der Waals surface area contributed by atoms with E-state index < -0.39 is 101 Å². The Kier molecular flexibility index (Phi) is 17.6. The number of likely N-dealkylation sites (tertiary alicyclic amines) is 1. The summed E-state index contributed by atoms with van der Waals surface area (Å²) in [5.74, 6) is -8.34. The Morgan fingerprint density at radius 2 is 1.59 bits per heavy atom. The Morgan fingerprint density at radius 3 is 2.22 bits per heavy atom. The second kappa shape index (κ2) is 22.2. The monoisotopic (exact) mass is 951 g/mol. The van der Waals surface area contributed by atoms with Crippen molar-refractivity contribution in [3.8, 4) is 23.0 Å². The summed E-state index contributed by atoms with van der Waals surface area (Å²) in [5, 5.41) is 60.2. The van der Waals surface area contributed by atoms with Crippen molar-refractivity contribution in [2.75, 3.05) is 32.1 Å². The molecule has 1 saturated heterocycles. The van der Waals surface area contributed by atoms with Gasteiger partial charge in [0.15, 0.2) is 12.4 Å². The van der Waals surface area contributed by atoms with E-state index in [0.717, 1.165) is 5.56 Å². The van der Waals surface area contributed by atoms with Gasteiger partial charge in [0.25, 0.3) is 17.6 Å². The summed E-state index contributed by atoms with van der Waals surface area (Å²) in [6.07, 6.45) is 4.59. The van der Waals surface area contributed by atoms with Crippen LogP contribution in [-0.2, 0) is 35.0 Å². The molecule has 16 nitrogen and oxygen atoms in total. The summed E-state index contributed by atoms with van der Waals surface area (Å²) in [6.45, 7) is 12.5.